The van der Waals surface area contributed by atoms with E-state index in [1.54, 1.807) is 16.9 Å². The zero-order chi connectivity index (χ0) is 16.4. The van der Waals surface area contributed by atoms with Gasteiger partial charge in [0.05, 0.1) is 17.9 Å². The van der Waals surface area contributed by atoms with Gasteiger partial charge < -0.3 is 5.32 Å². The van der Waals surface area contributed by atoms with Crippen LogP contribution in [0.3, 0.4) is 0 Å². The van der Waals surface area contributed by atoms with Crippen molar-refractivity contribution in [1.29, 1.82) is 0 Å². The Bertz CT molecular complexity index is 832. The van der Waals surface area contributed by atoms with Crippen molar-refractivity contribution in [2.24, 2.45) is 0 Å². The Kier molecular flexibility index (Phi) is 3.82. The van der Waals surface area contributed by atoms with Gasteiger partial charge in [-0.25, -0.2) is 4.68 Å². The van der Waals surface area contributed by atoms with Gasteiger partial charge in [0, 0.05) is 6.20 Å². The van der Waals surface area contributed by atoms with Crippen LogP contribution < -0.4 is 5.32 Å². The Morgan fingerprint density at radius 3 is 2.71 bits per heavy atom. The number of nitrogens with one attached hydrogen (secondary N) is 1. The second kappa shape index (κ2) is 6.27. The molecule has 2 heterocycles. The Morgan fingerprint density at radius 1 is 1.12 bits per heavy atom. The molecule has 1 amide bonds. The third kappa shape index (κ3) is 2.92. The predicted octanol–water partition coefficient (Wildman–Crippen LogP) is 2.83. The molecule has 0 bridgehead atoms. The van der Waals surface area contributed by atoms with Crippen LogP contribution in [0, 0.1) is 0 Å². The molecule has 0 radical (unpaired) electrons. The molecule has 1 fully saturated rings. The minimum atomic E-state index is -0.271. The molecule has 24 heavy (non-hydrogen) atoms. The van der Waals surface area contributed by atoms with Crippen LogP contribution in [0.4, 0.5) is 5.82 Å². The van der Waals surface area contributed by atoms with Crippen LogP contribution in [-0.4, -0.2) is 30.7 Å². The number of carbonyl (C=O) groups excluding carboxylic acids is 1. The van der Waals surface area contributed by atoms with E-state index in [4.69, 9.17) is 0 Å². The zero-order valence-electron chi connectivity index (χ0n) is 13.2. The van der Waals surface area contributed by atoms with Gasteiger partial charge in [-0.15, -0.1) is 5.10 Å². The maximum Gasteiger partial charge on any atom is 0.277 e. The number of benzene rings is 1. The molecule has 1 aromatic carbocycles. The summed E-state index contributed by atoms with van der Waals surface area (Å²) in [4.78, 5) is 12.3. The van der Waals surface area contributed by atoms with E-state index in [0.717, 1.165) is 18.5 Å². The smallest absolute Gasteiger partial charge is 0.277 e. The molecule has 1 aliphatic carbocycles. The summed E-state index contributed by atoms with van der Waals surface area (Å²) >= 11 is 0. The summed E-state index contributed by atoms with van der Waals surface area (Å²) in [5, 5.41) is 15.2. The summed E-state index contributed by atoms with van der Waals surface area (Å²) in [7, 11) is 0. The molecule has 1 saturated carbocycles. The number of amides is 1. The highest BCUT2D eigenvalue weighted by molar-refractivity contribution is 6.02. The number of hydrogen-bond donors (Lipinski definition) is 1. The fourth-order valence-corrected chi connectivity index (χ4v) is 3.04. The van der Waals surface area contributed by atoms with E-state index in [2.05, 4.69) is 20.7 Å². The van der Waals surface area contributed by atoms with Gasteiger partial charge in [0.15, 0.2) is 11.5 Å². The average molecular weight is 322 g/mol. The van der Waals surface area contributed by atoms with E-state index in [0.29, 0.717) is 17.6 Å². The van der Waals surface area contributed by atoms with Crippen LogP contribution in [0.2, 0.25) is 0 Å². The van der Waals surface area contributed by atoms with E-state index in [1.165, 1.54) is 12.8 Å². The number of rotatable bonds is 4. The van der Waals surface area contributed by atoms with Crippen molar-refractivity contribution in [3.8, 4) is 5.69 Å². The van der Waals surface area contributed by atoms with Crippen molar-refractivity contribution in [1.82, 2.24) is 24.8 Å². The van der Waals surface area contributed by atoms with Gasteiger partial charge in [-0.1, -0.05) is 36.3 Å². The highest BCUT2D eigenvalue weighted by Gasteiger charge is 2.19. The molecular weight excluding hydrogens is 304 g/mol. The first kappa shape index (κ1) is 14.6. The first-order valence-corrected chi connectivity index (χ1v) is 8.14. The van der Waals surface area contributed by atoms with Gasteiger partial charge in [-0.05, 0) is 31.0 Å². The quantitative estimate of drug-likeness (QED) is 0.801. The van der Waals surface area contributed by atoms with Gasteiger partial charge >= 0.3 is 0 Å². The molecular formula is C17H18N6O. The summed E-state index contributed by atoms with van der Waals surface area (Å²) in [5.41, 5.74) is 1.28. The fraction of sp³-hybridized carbons (Fsp3) is 0.294. The minimum absolute atomic E-state index is 0.271. The zero-order valence-corrected chi connectivity index (χ0v) is 13.2. The van der Waals surface area contributed by atoms with Crippen LogP contribution in [0.25, 0.3) is 5.69 Å². The molecule has 1 aliphatic rings. The lowest BCUT2D eigenvalue weighted by atomic mass is 10.3. The van der Waals surface area contributed by atoms with Crippen molar-refractivity contribution in [3.63, 3.8) is 0 Å². The summed E-state index contributed by atoms with van der Waals surface area (Å²) in [5.74, 6) is 0.131. The van der Waals surface area contributed by atoms with Crippen molar-refractivity contribution in [2.45, 2.75) is 31.7 Å². The SMILES string of the molecule is O=C(Nc1cn(-c2ccccc2)nn1)c1ccn(C2CCCC2)n1. The number of carbonyl (C=O) groups is 1. The van der Waals surface area contributed by atoms with Gasteiger partial charge in [-0.2, -0.15) is 5.10 Å². The normalized spacial score (nSPS) is 14.8. The van der Waals surface area contributed by atoms with E-state index < -0.39 is 0 Å². The Labute approximate surface area is 139 Å². The number of anilines is 1. The molecule has 7 heteroatoms. The lowest BCUT2D eigenvalue weighted by molar-refractivity contribution is 0.102. The first-order valence-electron chi connectivity index (χ1n) is 8.14. The highest BCUT2D eigenvalue weighted by Crippen LogP contribution is 2.28. The molecule has 4 rings (SSSR count). The summed E-state index contributed by atoms with van der Waals surface area (Å²) in [6.45, 7) is 0. The molecule has 0 unspecified atom stereocenters. The predicted molar refractivity (Wildman–Crippen MR) is 89.0 cm³/mol. The number of nitrogens with zero attached hydrogens (tertiary/aromatic N) is 5. The second-order valence-electron chi connectivity index (χ2n) is 5.96. The number of aromatic nitrogens is 5. The lowest BCUT2D eigenvalue weighted by Gasteiger charge is -2.08. The highest BCUT2D eigenvalue weighted by atomic mass is 16.2. The molecule has 122 valence electrons. The summed E-state index contributed by atoms with van der Waals surface area (Å²) in [6, 6.07) is 11.8. The molecule has 2 aromatic heterocycles. The maximum atomic E-state index is 12.3. The first-order chi connectivity index (χ1) is 11.8. The van der Waals surface area contributed by atoms with Crippen molar-refractivity contribution < 1.29 is 4.79 Å². The van der Waals surface area contributed by atoms with E-state index in [1.807, 2.05) is 41.2 Å². The van der Waals surface area contributed by atoms with Crippen LogP contribution in [-0.2, 0) is 0 Å². The van der Waals surface area contributed by atoms with Gasteiger partial charge in [0.2, 0.25) is 0 Å². The third-order valence-corrected chi connectivity index (χ3v) is 4.30. The Balaban J connectivity index is 1.45. The molecule has 0 atom stereocenters. The minimum Gasteiger partial charge on any atom is -0.302 e. The molecule has 0 saturated heterocycles. The molecule has 3 aromatic rings. The van der Waals surface area contributed by atoms with Crippen molar-refractivity contribution in [3.05, 3.63) is 54.5 Å². The lowest BCUT2D eigenvalue weighted by Crippen LogP contribution is -2.14. The molecule has 7 nitrogen and oxygen atoms in total. The van der Waals surface area contributed by atoms with Crippen LogP contribution in [0.5, 0.6) is 0 Å². The monoisotopic (exact) mass is 322 g/mol. The Hall–Kier alpha value is -2.96. The molecule has 0 aliphatic heterocycles. The van der Waals surface area contributed by atoms with E-state index >= 15 is 0 Å². The summed E-state index contributed by atoms with van der Waals surface area (Å²) in [6.07, 6.45) is 8.29. The van der Waals surface area contributed by atoms with E-state index in [-0.39, 0.29) is 5.91 Å². The maximum absolute atomic E-state index is 12.3. The number of para-hydroxylation sites is 1. The summed E-state index contributed by atoms with van der Waals surface area (Å²) < 4.78 is 3.52. The molecule has 1 N–H and O–H groups in total. The van der Waals surface area contributed by atoms with Gasteiger partial charge in [-0.3, -0.25) is 9.48 Å². The molecule has 0 spiro atoms. The van der Waals surface area contributed by atoms with Crippen LogP contribution in [0.15, 0.2) is 48.8 Å². The second-order valence-corrected chi connectivity index (χ2v) is 5.96. The largest absolute Gasteiger partial charge is 0.302 e. The van der Waals surface area contributed by atoms with Gasteiger partial charge in [0.1, 0.15) is 0 Å². The van der Waals surface area contributed by atoms with Crippen LogP contribution in [0.1, 0.15) is 42.2 Å². The van der Waals surface area contributed by atoms with Crippen molar-refractivity contribution >= 4 is 11.7 Å². The number of hydrogen-bond acceptors (Lipinski definition) is 4. The topological polar surface area (TPSA) is 77.6 Å². The van der Waals surface area contributed by atoms with Crippen LogP contribution >= 0.6 is 0 Å². The average Bonchev–Trinajstić information content (AvgIpc) is 3.36. The standard InChI is InChI=1S/C17H18N6O/c24-17(15-10-11-22(20-15)13-8-4-5-9-13)18-16-12-23(21-19-16)14-6-2-1-3-7-14/h1-3,6-7,10-13H,4-5,8-9H2,(H,18,24). The fourth-order valence-electron chi connectivity index (χ4n) is 3.04. The van der Waals surface area contributed by atoms with Crippen molar-refractivity contribution in [2.75, 3.05) is 5.32 Å². The third-order valence-electron chi connectivity index (χ3n) is 4.30. The Morgan fingerprint density at radius 2 is 1.92 bits per heavy atom. The van der Waals surface area contributed by atoms with E-state index in [9.17, 15) is 4.79 Å². The van der Waals surface area contributed by atoms with Gasteiger partial charge in [0.25, 0.3) is 5.91 Å².